The number of hydrogen-bond donors (Lipinski definition) is 0. The van der Waals surface area contributed by atoms with Crippen LogP contribution in [0.2, 0.25) is 0 Å². The molecule has 3 aromatic rings. The SMILES string of the molecule is O=c1c(Cc2ccccc2)nnc2oc3nc4ccccc4c-3nn12. The fourth-order valence-electron chi connectivity index (χ4n) is 2.85. The molecule has 5 rings (SSSR count). The van der Waals surface area contributed by atoms with E-state index in [9.17, 15) is 4.79 Å². The Morgan fingerprint density at radius 1 is 0.960 bits per heavy atom. The molecule has 2 aliphatic rings. The standard InChI is InChI=1S/C18H11N5O2/c24-17-14(10-11-6-2-1-3-7-11)20-21-18-23(17)22-15-12-8-4-5-9-13(12)19-16(15)25-18/h1-9H,10H2. The van der Waals surface area contributed by atoms with Gasteiger partial charge in [-0.3, -0.25) is 4.79 Å². The smallest absolute Gasteiger partial charge is 0.347 e. The normalized spacial score (nSPS) is 11.5. The molecule has 0 fully saturated rings. The Hall–Kier alpha value is -3.61. The summed E-state index contributed by atoms with van der Waals surface area (Å²) >= 11 is 0. The van der Waals surface area contributed by atoms with E-state index in [4.69, 9.17) is 4.42 Å². The highest BCUT2D eigenvalue weighted by atomic mass is 16.4. The second-order valence-electron chi connectivity index (χ2n) is 5.69. The Morgan fingerprint density at radius 2 is 1.76 bits per heavy atom. The molecule has 0 radical (unpaired) electrons. The quantitative estimate of drug-likeness (QED) is 0.494. The van der Waals surface area contributed by atoms with Crippen molar-refractivity contribution in [1.29, 1.82) is 0 Å². The number of para-hydroxylation sites is 1. The van der Waals surface area contributed by atoms with Gasteiger partial charge in [0.1, 0.15) is 5.69 Å². The Labute approximate surface area is 140 Å². The van der Waals surface area contributed by atoms with Gasteiger partial charge in [-0.1, -0.05) is 53.6 Å². The molecule has 2 aromatic carbocycles. The average Bonchev–Trinajstić information content (AvgIpc) is 3.01. The van der Waals surface area contributed by atoms with E-state index in [1.807, 2.05) is 54.6 Å². The summed E-state index contributed by atoms with van der Waals surface area (Å²) in [6, 6.07) is 17.2. The van der Waals surface area contributed by atoms with Gasteiger partial charge in [0, 0.05) is 11.8 Å². The van der Waals surface area contributed by atoms with Crippen molar-refractivity contribution in [2.24, 2.45) is 0 Å². The second-order valence-corrected chi connectivity index (χ2v) is 5.69. The molecule has 0 N–H and O–H groups in total. The van der Waals surface area contributed by atoms with E-state index in [-0.39, 0.29) is 11.4 Å². The predicted molar refractivity (Wildman–Crippen MR) is 90.5 cm³/mol. The van der Waals surface area contributed by atoms with Crippen molar-refractivity contribution < 1.29 is 4.42 Å². The van der Waals surface area contributed by atoms with E-state index in [1.165, 1.54) is 0 Å². The van der Waals surface area contributed by atoms with Crippen LogP contribution < -0.4 is 5.56 Å². The molecule has 0 aliphatic carbocycles. The van der Waals surface area contributed by atoms with Gasteiger partial charge in [0.25, 0.3) is 11.4 Å². The van der Waals surface area contributed by atoms with Crippen molar-refractivity contribution >= 4 is 16.7 Å². The van der Waals surface area contributed by atoms with Crippen molar-refractivity contribution in [1.82, 2.24) is 24.8 Å². The molecule has 1 aromatic heterocycles. The molecule has 3 heterocycles. The van der Waals surface area contributed by atoms with E-state index in [2.05, 4.69) is 20.3 Å². The zero-order valence-corrected chi connectivity index (χ0v) is 13.0. The van der Waals surface area contributed by atoms with Crippen LogP contribution in [0.1, 0.15) is 11.3 Å². The topological polar surface area (TPSA) is 86.2 Å². The Bertz CT molecular complexity index is 1240. The van der Waals surface area contributed by atoms with Crippen LogP contribution in [0.5, 0.6) is 0 Å². The van der Waals surface area contributed by atoms with Crippen LogP contribution in [0.25, 0.3) is 28.3 Å². The van der Waals surface area contributed by atoms with Crippen LogP contribution in [0.15, 0.2) is 63.8 Å². The second kappa shape index (κ2) is 5.20. The van der Waals surface area contributed by atoms with Crippen molar-refractivity contribution in [3.8, 4) is 11.6 Å². The minimum Gasteiger partial charge on any atom is -0.402 e. The lowest BCUT2D eigenvalue weighted by molar-refractivity contribution is 0.520. The predicted octanol–water partition coefficient (Wildman–Crippen LogP) is 2.32. The van der Waals surface area contributed by atoms with Crippen LogP contribution in [0, 0.1) is 0 Å². The van der Waals surface area contributed by atoms with Gasteiger partial charge in [-0.05, 0) is 11.6 Å². The third-order valence-electron chi connectivity index (χ3n) is 4.06. The summed E-state index contributed by atoms with van der Waals surface area (Å²) in [6.45, 7) is 0. The fraction of sp³-hybridized carbons (Fsp3) is 0.0556. The largest absolute Gasteiger partial charge is 0.402 e. The Morgan fingerprint density at radius 3 is 2.64 bits per heavy atom. The number of aromatic nitrogens is 5. The summed E-state index contributed by atoms with van der Waals surface area (Å²) in [5.74, 6) is 0.364. The molecule has 0 atom stereocenters. The molecule has 0 saturated heterocycles. The minimum absolute atomic E-state index is 0.0251. The zero-order valence-electron chi connectivity index (χ0n) is 13.0. The van der Waals surface area contributed by atoms with Crippen molar-refractivity contribution in [2.45, 2.75) is 6.42 Å². The molecule has 120 valence electrons. The van der Waals surface area contributed by atoms with Gasteiger partial charge in [-0.2, -0.15) is 5.10 Å². The average molecular weight is 329 g/mol. The van der Waals surface area contributed by atoms with Crippen molar-refractivity contribution in [2.75, 3.05) is 0 Å². The highest BCUT2D eigenvalue weighted by Crippen LogP contribution is 2.28. The molecule has 0 bridgehead atoms. The summed E-state index contributed by atoms with van der Waals surface area (Å²) in [6.07, 6.45) is 0.384. The minimum atomic E-state index is -0.343. The first-order valence-corrected chi connectivity index (χ1v) is 7.77. The molecule has 25 heavy (non-hydrogen) atoms. The number of benzene rings is 2. The number of hydrogen-bond acceptors (Lipinski definition) is 6. The van der Waals surface area contributed by atoms with E-state index in [1.54, 1.807) is 0 Å². The summed E-state index contributed by atoms with van der Waals surface area (Å²) in [7, 11) is 0. The highest BCUT2D eigenvalue weighted by molar-refractivity contribution is 5.93. The summed E-state index contributed by atoms with van der Waals surface area (Å²) in [5.41, 5.74) is 2.24. The van der Waals surface area contributed by atoms with Crippen LogP contribution in [0.3, 0.4) is 0 Å². The molecular weight excluding hydrogens is 318 g/mol. The zero-order chi connectivity index (χ0) is 16.8. The van der Waals surface area contributed by atoms with Gasteiger partial charge < -0.3 is 4.42 Å². The molecule has 0 unspecified atom stereocenters. The fourth-order valence-corrected chi connectivity index (χ4v) is 2.85. The van der Waals surface area contributed by atoms with Crippen LogP contribution in [-0.2, 0) is 6.42 Å². The van der Waals surface area contributed by atoms with Crippen LogP contribution in [-0.4, -0.2) is 24.8 Å². The number of fused-ring (bicyclic) bond motifs is 4. The summed E-state index contributed by atoms with van der Waals surface area (Å²) in [5, 5.41) is 13.3. The van der Waals surface area contributed by atoms with Crippen LogP contribution in [0.4, 0.5) is 0 Å². The Kier molecular flexibility index (Phi) is 2.87. The first-order valence-electron chi connectivity index (χ1n) is 7.77. The maximum atomic E-state index is 12.8. The highest BCUT2D eigenvalue weighted by Gasteiger charge is 2.20. The Balaban J connectivity index is 1.74. The molecular formula is C18H11N5O2. The summed E-state index contributed by atoms with van der Waals surface area (Å²) in [4.78, 5) is 17.1. The maximum Gasteiger partial charge on any atom is 0.347 e. The molecule has 0 amide bonds. The first kappa shape index (κ1) is 13.8. The number of nitrogens with zero attached hydrogens (tertiary/aromatic N) is 5. The maximum absolute atomic E-state index is 12.8. The van der Waals surface area contributed by atoms with Gasteiger partial charge in [0.05, 0.1) is 5.52 Å². The van der Waals surface area contributed by atoms with Gasteiger partial charge in [-0.25, -0.2) is 4.98 Å². The van der Waals surface area contributed by atoms with Crippen LogP contribution >= 0.6 is 0 Å². The van der Waals surface area contributed by atoms with Gasteiger partial charge >= 0.3 is 5.84 Å². The lowest BCUT2D eigenvalue weighted by atomic mass is 10.1. The van der Waals surface area contributed by atoms with Crippen molar-refractivity contribution in [3.63, 3.8) is 0 Å². The van der Waals surface area contributed by atoms with Gasteiger partial charge in [-0.15, -0.1) is 9.61 Å². The molecule has 0 spiro atoms. The molecule has 0 saturated carbocycles. The lowest BCUT2D eigenvalue weighted by Gasteiger charge is -2.03. The van der Waals surface area contributed by atoms with E-state index < -0.39 is 0 Å². The van der Waals surface area contributed by atoms with Gasteiger partial charge in [0.15, 0.2) is 5.69 Å². The van der Waals surface area contributed by atoms with Gasteiger partial charge in [0.2, 0.25) is 0 Å². The monoisotopic (exact) mass is 329 g/mol. The lowest BCUT2D eigenvalue weighted by Crippen LogP contribution is -2.24. The number of rotatable bonds is 2. The summed E-state index contributed by atoms with van der Waals surface area (Å²) < 4.78 is 6.79. The molecule has 2 aliphatic heterocycles. The first-order chi connectivity index (χ1) is 12.3. The van der Waals surface area contributed by atoms with E-state index >= 15 is 0 Å². The molecule has 7 heteroatoms. The van der Waals surface area contributed by atoms with E-state index in [0.29, 0.717) is 23.7 Å². The van der Waals surface area contributed by atoms with Crippen molar-refractivity contribution in [3.05, 3.63) is 76.2 Å². The van der Waals surface area contributed by atoms with E-state index in [0.717, 1.165) is 21.0 Å². The third kappa shape index (κ3) is 2.17. The molecule has 7 nitrogen and oxygen atoms in total. The third-order valence-corrected chi connectivity index (χ3v) is 4.06.